The summed E-state index contributed by atoms with van der Waals surface area (Å²) in [5.74, 6) is 1.62. The molecule has 0 aliphatic carbocycles. The van der Waals surface area contributed by atoms with Gasteiger partial charge in [-0.25, -0.2) is 12.7 Å². The minimum absolute atomic E-state index is 0.0470. The third-order valence-corrected chi connectivity index (χ3v) is 5.02. The van der Waals surface area contributed by atoms with Crippen LogP contribution >= 0.6 is 0 Å². The topological polar surface area (TPSA) is 85.5 Å². The minimum Gasteiger partial charge on any atom is -0.497 e. The van der Waals surface area contributed by atoms with E-state index in [-0.39, 0.29) is 5.92 Å². The molecular formula is C14H17N3O4S. The molecule has 3 rings (SSSR count). The first-order valence-corrected chi connectivity index (χ1v) is 8.75. The highest BCUT2D eigenvalue weighted by Crippen LogP contribution is 2.30. The Morgan fingerprint density at radius 3 is 2.59 bits per heavy atom. The molecular weight excluding hydrogens is 306 g/mol. The van der Waals surface area contributed by atoms with E-state index in [9.17, 15) is 8.42 Å². The second-order valence-electron chi connectivity index (χ2n) is 5.28. The molecule has 1 unspecified atom stereocenters. The second-order valence-corrected chi connectivity index (χ2v) is 7.26. The average Bonchev–Trinajstić information content (AvgIpc) is 3.15. The molecule has 2 heterocycles. The first-order valence-electron chi connectivity index (χ1n) is 6.90. The molecule has 118 valence electrons. The molecule has 2 aromatic rings. The molecule has 1 saturated heterocycles. The van der Waals surface area contributed by atoms with Gasteiger partial charge in [-0.15, -0.1) is 10.2 Å². The summed E-state index contributed by atoms with van der Waals surface area (Å²) in [4.78, 5) is 0. The highest BCUT2D eigenvalue weighted by Gasteiger charge is 2.32. The third-order valence-electron chi connectivity index (χ3n) is 3.75. The number of aromatic nitrogens is 2. The summed E-state index contributed by atoms with van der Waals surface area (Å²) in [6.45, 7) is 0.882. The summed E-state index contributed by atoms with van der Waals surface area (Å²) >= 11 is 0. The van der Waals surface area contributed by atoms with Crippen LogP contribution in [0.15, 0.2) is 28.7 Å². The van der Waals surface area contributed by atoms with E-state index in [0.29, 0.717) is 31.3 Å². The van der Waals surface area contributed by atoms with Crippen molar-refractivity contribution in [1.82, 2.24) is 14.5 Å². The van der Waals surface area contributed by atoms with E-state index >= 15 is 0 Å². The zero-order chi connectivity index (χ0) is 15.7. The maximum atomic E-state index is 11.5. The lowest BCUT2D eigenvalue weighted by molar-refractivity contribution is 0.414. The summed E-state index contributed by atoms with van der Waals surface area (Å²) in [6.07, 6.45) is 1.91. The van der Waals surface area contributed by atoms with Gasteiger partial charge in [-0.3, -0.25) is 0 Å². The van der Waals surface area contributed by atoms with Crippen LogP contribution in [-0.2, 0) is 10.0 Å². The Labute approximate surface area is 129 Å². The Hall–Kier alpha value is -1.93. The smallest absolute Gasteiger partial charge is 0.247 e. The van der Waals surface area contributed by atoms with Crippen LogP contribution in [0.1, 0.15) is 18.2 Å². The molecule has 1 aromatic carbocycles. The lowest BCUT2D eigenvalue weighted by atomic mass is 10.1. The van der Waals surface area contributed by atoms with Gasteiger partial charge < -0.3 is 9.15 Å². The Morgan fingerprint density at radius 1 is 1.27 bits per heavy atom. The molecule has 1 aliphatic rings. The molecule has 0 amide bonds. The van der Waals surface area contributed by atoms with Crippen LogP contribution in [0.5, 0.6) is 5.75 Å². The summed E-state index contributed by atoms with van der Waals surface area (Å²) < 4.78 is 35.3. The fourth-order valence-electron chi connectivity index (χ4n) is 2.48. The first kappa shape index (κ1) is 15.0. The number of methoxy groups -OCH3 is 1. The molecule has 0 radical (unpaired) electrons. The molecule has 22 heavy (non-hydrogen) atoms. The van der Waals surface area contributed by atoms with Crippen molar-refractivity contribution in [3.8, 4) is 17.2 Å². The third kappa shape index (κ3) is 2.97. The number of sulfonamides is 1. The first-order chi connectivity index (χ1) is 10.5. The maximum absolute atomic E-state index is 11.5. The summed E-state index contributed by atoms with van der Waals surface area (Å²) in [6, 6.07) is 7.32. The van der Waals surface area contributed by atoms with Crippen LogP contribution in [0.3, 0.4) is 0 Å². The quantitative estimate of drug-likeness (QED) is 0.847. The predicted octanol–water partition coefficient (Wildman–Crippen LogP) is 1.49. The lowest BCUT2D eigenvalue weighted by Gasteiger charge is -2.11. The van der Waals surface area contributed by atoms with Crippen molar-refractivity contribution < 1.29 is 17.6 Å². The molecule has 0 spiro atoms. The van der Waals surface area contributed by atoms with Crippen molar-refractivity contribution >= 4 is 10.0 Å². The molecule has 0 N–H and O–H groups in total. The standard InChI is InChI=1S/C14H17N3O4S/c1-20-12-5-3-10(4-6-12)13-15-16-14(21-13)11-7-8-17(9-11)22(2,18)19/h3-6,11H,7-9H2,1-2H3. The molecule has 0 saturated carbocycles. The van der Waals surface area contributed by atoms with Gasteiger partial charge in [0.25, 0.3) is 0 Å². The van der Waals surface area contributed by atoms with E-state index in [1.165, 1.54) is 10.6 Å². The van der Waals surface area contributed by atoms with Gasteiger partial charge in [0.2, 0.25) is 21.8 Å². The van der Waals surface area contributed by atoms with Crippen LogP contribution in [0.4, 0.5) is 0 Å². The summed E-state index contributed by atoms with van der Waals surface area (Å²) in [7, 11) is -1.56. The molecule has 8 heteroatoms. The number of benzene rings is 1. The van der Waals surface area contributed by atoms with Gasteiger partial charge in [-0.1, -0.05) is 0 Å². The summed E-state index contributed by atoms with van der Waals surface area (Å²) in [5.41, 5.74) is 0.803. The van der Waals surface area contributed by atoms with Gasteiger partial charge in [0, 0.05) is 18.7 Å². The molecule has 1 aromatic heterocycles. The Morgan fingerprint density at radius 2 is 2.00 bits per heavy atom. The highest BCUT2D eigenvalue weighted by atomic mass is 32.2. The number of ether oxygens (including phenoxy) is 1. The molecule has 7 nitrogen and oxygen atoms in total. The maximum Gasteiger partial charge on any atom is 0.247 e. The molecule has 1 fully saturated rings. The average molecular weight is 323 g/mol. The Balaban J connectivity index is 1.76. The fraction of sp³-hybridized carbons (Fsp3) is 0.429. The van der Waals surface area contributed by atoms with Crippen LogP contribution in [0, 0.1) is 0 Å². The van der Waals surface area contributed by atoms with E-state index in [1.54, 1.807) is 7.11 Å². The summed E-state index contributed by atoms with van der Waals surface area (Å²) in [5, 5.41) is 8.11. The van der Waals surface area contributed by atoms with E-state index in [1.807, 2.05) is 24.3 Å². The van der Waals surface area contributed by atoms with Crippen molar-refractivity contribution in [2.45, 2.75) is 12.3 Å². The number of hydrogen-bond acceptors (Lipinski definition) is 6. The van der Waals surface area contributed by atoms with Gasteiger partial charge in [0.05, 0.1) is 19.3 Å². The van der Waals surface area contributed by atoms with Crippen molar-refractivity contribution in [2.24, 2.45) is 0 Å². The van der Waals surface area contributed by atoms with Gasteiger partial charge >= 0.3 is 0 Å². The van der Waals surface area contributed by atoms with Gasteiger partial charge in [0.15, 0.2) is 0 Å². The van der Waals surface area contributed by atoms with E-state index < -0.39 is 10.0 Å². The van der Waals surface area contributed by atoms with E-state index in [0.717, 1.165) is 11.3 Å². The molecule has 1 aliphatic heterocycles. The second kappa shape index (κ2) is 5.69. The van der Waals surface area contributed by atoms with Crippen LogP contribution in [-0.4, -0.2) is 49.4 Å². The van der Waals surface area contributed by atoms with Gasteiger partial charge in [-0.05, 0) is 30.7 Å². The lowest BCUT2D eigenvalue weighted by Crippen LogP contribution is -2.27. The number of rotatable bonds is 4. The zero-order valence-electron chi connectivity index (χ0n) is 12.4. The normalized spacial score (nSPS) is 19.5. The van der Waals surface area contributed by atoms with Crippen LogP contribution in [0.2, 0.25) is 0 Å². The Kier molecular flexibility index (Phi) is 3.88. The molecule has 0 bridgehead atoms. The largest absolute Gasteiger partial charge is 0.497 e. The molecule has 1 atom stereocenters. The van der Waals surface area contributed by atoms with Crippen molar-refractivity contribution in [1.29, 1.82) is 0 Å². The monoisotopic (exact) mass is 323 g/mol. The van der Waals surface area contributed by atoms with E-state index in [2.05, 4.69) is 10.2 Å². The number of nitrogens with zero attached hydrogens (tertiary/aromatic N) is 3. The Bertz CT molecular complexity index is 755. The van der Waals surface area contributed by atoms with Gasteiger partial charge in [-0.2, -0.15) is 0 Å². The highest BCUT2D eigenvalue weighted by molar-refractivity contribution is 7.88. The number of hydrogen-bond donors (Lipinski definition) is 0. The van der Waals surface area contributed by atoms with Gasteiger partial charge in [0.1, 0.15) is 5.75 Å². The predicted molar refractivity (Wildman–Crippen MR) is 80.1 cm³/mol. The van der Waals surface area contributed by atoms with E-state index in [4.69, 9.17) is 9.15 Å². The minimum atomic E-state index is -3.17. The van der Waals surface area contributed by atoms with Crippen molar-refractivity contribution in [3.63, 3.8) is 0 Å². The van der Waals surface area contributed by atoms with Crippen molar-refractivity contribution in [2.75, 3.05) is 26.5 Å². The van der Waals surface area contributed by atoms with Crippen LogP contribution < -0.4 is 4.74 Å². The SMILES string of the molecule is COc1ccc(-c2nnc(C3CCN(S(C)(=O)=O)C3)o2)cc1. The fourth-order valence-corrected chi connectivity index (χ4v) is 3.37. The zero-order valence-corrected chi connectivity index (χ0v) is 13.2. The van der Waals surface area contributed by atoms with Crippen molar-refractivity contribution in [3.05, 3.63) is 30.2 Å². The van der Waals surface area contributed by atoms with Crippen LogP contribution in [0.25, 0.3) is 11.5 Å².